The van der Waals surface area contributed by atoms with Crippen molar-refractivity contribution < 1.29 is 13.9 Å². The maximum absolute atomic E-state index is 12.2. The number of anilines is 1. The molecule has 1 aromatic carbocycles. The zero-order valence-corrected chi connectivity index (χ0v) is 16.3. The van der Waals surface area contributed by atoms with E-state index in [9.17, 15) is 9.59 Å². The second kappa shape index (κ2) is 10.2. The summed E-state index contributed by atoms with van der Waals surface area (Å²) in [5.74, 6) is 1.07. The molecule has 1 N–H and O–H groups in total. The molecule has 0 aliphatic rings. The Morgan fingerprint density at radius 2 is 2.03 bits per heavy atom. The van der Waals surface area contributed by atoms with Gasteiger partial charge < -0.3 is 9.15 Å². The van der Waals surface area contributed by atoms with Gasteiger partial charge in [0.2, 0.25) is 0 Å². The molecule has 0 aliphatic heterocycles. The minimum Gasteiger partial charge on any atom is -0.468 e. The molecule has 0 bridgehead atoms. The quantitative estimate of drug-likeness (QED) is 0.598. The molecule has 0 spiro atoms. The lowest BCUT2D eigenvalue weighted by atomic mass is 10.2. The standard InChI is InChI=1S/C21H24N4O4/c1-24(15-18-9-5-14-28-18)11-6-12-25-13-10-19(22-20(25)26)23-21(27)29-16-17-7-3-2-4-8-17/h2-5,7-10,13-14H,6,11-12,15-16H2,1H3,(H,22,23,26,27). The molecular formula is C21H24N4O4. The van der Waals surface area contributed by atoms with E-state index in [1.165, 1.54) is 4.57 Å². The highest BCUT2D eigenvalue weighted by atomic mass is 16.5. The van der Waals surface area contributed by atoms with E-state index in [-0.39, 0.29) is 12.4 Å². The van der Waals surface area contributed by atoms with E-state index in [1.54, 1.807) is 18.5 Å². The number of ether oxygens (including phenoxy) is 1. The Hall–Kier alpha value is -3.39. The highest BCUT2D eigenvalue weighted by Gasteiger charge is 2.07. The van der Waals surface area contributed by atoms with Crippen molar-refractivity contribution >= 4 is 11.9 Å². The molecule has 3 rings (SSSR count). The molecule has 0 saturated carbocycles. The minimum atomic E-state index is -0.655. The number of hydrogen-bond acceptors (Lipinski definition) is 6. The van der Waals surface area contributed by atoms with Gasteiger partial charge in [0.05, 0.1) is 12.8 Å². The molecule has 0 atom stereocenters. The molecule has 152 valence electrons. The fraction of sp³-hybridized carbons (Fsp3) is 0.286. The second-order valence-electron chi connectivity index (χ2n) is 6.65. The number of carbonyl (C=O) groups excluding carboxylic acids is 1. The van der Waals surface area contributed by atoms with Crippen LogP contribution in [0.25, 0.3) is 0 Å². The third-order valence-corrected chi connectivity index (χ3v) is 4.26. The van der Waals surface area contributed by atoms with E-state index in [1.807, 2.05) is 49.5 Å². The van der Waals surface area contributed by atoms with Crippen LogP contribution in [0.3, 0.4) is 0 Å². The number of benzene rings is 1. The molecule has 8 nitrogen and oxygen atoms in total. The van der Waals surface area contributed by atoms with E-state index in [0.717, 1.165) is 24.3 Å². The summed E-state index contributed by atoms with van der Waals surface area (Å²) in [6.45, 7) is 2.20. The number of furan rings is 1. The monoisotopic (exact) mass is 396 g/mol. The number of hydrogen-bond donors (Lipinski definition) is 1. The van der Waals surface area contributed by atoms with Crippen molar-refractivity contribution in [2.45, 2.75) is 26.1 Å². The average molecular weight is 396 g/mol. The van der Waals surface area contributed by atoms with Crippen molar-refractivity contribution in [2.24, 2.45) is 0 Å². The Morgan fingerprint density at radius 3 is 2.76 bits per heavy atom. The fourth-order valence-electron chi connectivity index (χ4n) is 2.79. The fourth-order valence-corrected chi connectivity index (χ4v) is 2.79. The van der Waals surface area contributed by atoms with Gasteiger partial charge in [0, 0.05) is 19.3 Å². The lowest BCUT2D eigenvalue weighted by molar-refractivity contribution is 0.155. The van der Waals surface area contributed by atoms with E-state index in [2.05, 4.69) is 15.2 Å². The summed E-state index contributed by atoms with van der Waals surface area (Å²) in [7, 11) is 2.00. The topological polar surface area (TPSA) is 89.6 Å². The Balaban J connectivity index is 1.43. The molecule has 2 heterocycles. The first-order chi connectivity index (χ1) is 14.1. The van der Waals surface area contributed by atoms with Gasteiger partial charge in [-0.15, -0.1) is 0 Å². The summed E-state index contributed by atoms with van der Waals surface area (Å²) in [4.78, 5) is 30.0. The summed E-state index contributed by atoms with van der Waals surface area (Å²) in [6, 6.07) is 14.7. The molecule has 0 saturated heterocycles. The Bertz CT molecular complexity index is 954. The van der Waals surface area contributed by atoms with Crippen molar-refractivity contribution in [1.29, 1.82) is 0 Å². The first kappa shape index (κ1) is 20.3. The van der Waals surface area contributed by atoms with Crippen LogP contribution in [0.2, 0.25) is 0 Å². The third-order valence-electron chi connectivity index (χ3n) is 4.26. The van der Waals surface area contributed by atoms with Gasteiger partial charge in [-0.25, -0.2) is 9.59 Å². The van der Waals surface area contributed by atoms with Crippen molar-refractivity contribution in [3.63, 3.8) is 0 Å². The van der Waals surface area contributed by atoms with Crippen molar-refractivity contribution in [1.82, 2.24) is 14.5 Å². The van der Waals surface area contributed by atoms with Gasteiger partial charge in [-0.3, -0.25) is 14.8 Å². The molecular weight excluding hydrogens is 372 g/mol. The van der Waals surface area contributed by atoms with Crippen LogP contribution in [-0.4, -0.2) is 34.1 Å². The highest BCUT2D eigenvalue weighted by Crippen LogP contribution is 2.05. The van der Waals surface area contributed by atoms with Gasteiger partial charge >= 0.3 is 11.8 Å². The lowest BCUT2D eigenvalue weighted by Crippen LogP contribution is -2.27. The van der Waals surface area contributed by atoms with Crippen molar-refractivity contribution in [3.05, 3.63) is 82.8 Å². The summed E-state index contributed by atoms with van der Waals surface area (Å²) in [5, 5.41) is 2.48. The summed E-state index contributed by atoms with van der Waals surface area (Å²) in [5.41, 5.74) is 0.461. The molecule has 2 aromatic heterocycles. The molecule has 0 fully saturated rings. The minimum absolute atomic E-state index is 0.148. The SMILES string of the molecule is CN(CCCn1ccc(NC(=O)OCc2ccccc2)nc1=O)Cc1ccco1. The van der Waals surface area contributed by atoms with Gasteiger partial charge in [-0.2, -0.15) is 4.98 Å². The number of nitrogens with one attached hydrogen (secondary N) is 1. The Labute approximate surface area is 168 Å². The Morgan fingerprint density at radius 1 is 1.21 bits per heavy atom. The number of aryl methyl sites for hydroxylation is 1. The second-order valence-corrected chi connectivity index (χ2v) is 6.65. The maximum Gasteiger partial charge on any atom is 0.413 e. The largest absolute Gasteiger partial charge is 0.468 e. The van der Waals surface area contributed by atoms with Crippen LogP contribution in [0, 0.1) is 0 Å². The van der Waals surface area contributed by atoms with Crippen molar-refractivity contribution in [3.8, 4) is 0 Å². The van der Waals surface area contributed by atoms with Crippen LogP contribution in [0.4, 0.5) is 10.6 Å². The van der Waals surface area contributed by atoms with E-state index >= 15 is 0 Å². The number of aromatic nitrogens is 2. The van der Waals surface area contributed by atoms with Crippen LogP contribution < -0.4 is 11.0 Å². The van der Waals surface area contributed by atoms with Crippen molar-refractivity contribution in [2.75, 3.05) is 18.9 Å². The molecule has 1 amide bonds. The molecule has 0 unspecified atom stereocenters. The highest BCUT2D eigenvalue weighted by molar-refractivity contribution is 5.83. The van der Waals surface area contributed by atoms with E-state index in [0.29, 0.717) is 13.1 Å². The van der Waals surface area contributed by atoms with Crippen LogP contribution in [0.15, 0.2) is 70.2 Å². The smallest absolute Gasteiger partial charge is 0.413 e. The van der Waals surface area contributed by atoms with Gasteiger partial charge in [-0.05, 0) is 37.2 Å². The van der Waals surface area contributed by atoms with Gasteiger partial charge in [0.25, 0.3) is 0 Å². The maximum atomic E-state index is 12.2. The number of amides is 1. The first-order valence-corrected chi connectivity index (χ1v) is 9.36. The van der Waals surface area contributed by atoms with Crippen LogP contribution in [0.1, 0.15) is 17.7 Å². The van der Waals surface area contributed by atoms with Crippen LogP contribution in [-0.2, 0) is 24.4 Å². The van der Waals surface area contributed by atoms with Crippen LogP contribution >= 0.6 is 0 Å². The Kier molecular flexibility index (Phi) is 7.18. The summed E-state index contributed by atoms with van der Waals surface area (Å²) < 4.78 is 12.0. The molecule has 0 aliphatic carbocycles. The number of nitrogens with zero attached hydrogens (tertiary/aromatic N) is 3. The molecule has 3 aromatic rings. The molecule has 0 radical (unpaired) electrons. The zero-order valence-electron chi connectivity index (χ0n) is 16.3. The van der Waals surface area contributed by atoms with Gasteiger partial charge in [-0.1, -0.05) is 30.3 Å². The first-order valence-electron chi connectivity index (χ1n) is 9.36. The van der Waals surface area contributed by atoms with E-state index < -0.39 is 11.8 Å². The average Bonchev–Trinajstić information content (AvgIpc) is 3.22. The predicted octanol–water partition coefficient (Wildman–Crippen LogP) is 3.11. The summed E-state index contributed by atoms with van der Waals surface area (Å²) in [6.07, 6.45) is 3.40. The normalized spacial score (nSPS) is 10.8. The van der Waals surface area contributed by atoms with Crippen LogP contribution in [0.5, 0.6) is 0 Å². The van der Waals surface area contributed by atoms with E-state index in [4.69, 9.17) is 9.15 Å². The lowest BCUT2D eigenvalue weighted by Gasteiger charge is -2.15. The summed E-state index contributed by atoms with van der Waals surface area (Å²) >= 11 is 0. The van der Waals surface area contributed by atoms with Gasteiger partial charge in [0.1, 0.15) is 18.2 Å². The zero-order chi connectivity index (χ0) is 20.5. The predicted molar refractivity (Wildman–Crippen MR) is 108 cm³/mol. The molecule has 8 heteroatoms. The number of carbonyl (C=O) groups is 1. The third kappa shape index (κ3) is 6.62. The number of rotatable bonds is 9. The molecule has 29 heavy (non-hydrogen) atoms. The van der Waals surface area contributed by atoms with Gasteiger partial charge in [0.15, 0.2) is 0 Å².